The van der Waals surface area contributed by atoms with Crippen LogP contribution < -0.4 is 10.2 Å². The number of piperazine rings is 1. The molecule has 3 heterocycles. The van der Waals surface area contributed by atoms with Gasteiger partial charge in [0.15, 0.2) is 5.82 Å². The Labute approximate surface area is 199 Å². The van der Waals surface area contributed by atoms with Crippen molar-refractivity contribution in [3.8, 4) is 11.3 Å². The lowest BCUT2D eigenvalue weighted by molar-refractivity contribution is 0.0953. The Morgan fingerprint density at radius 3 is 2.59 bits per heavy atom. The number of hydrogen-bond donors (Lipinski definition) is 1. The Morgan fingerprint density at radius 2 is 1.82 bits per heavy atom. The first-order valence-electron chi connectivity index (χ1n) is 11.7. The van der Waals surface area contributed by atoms with Gasteiger partial charge in [0, 0.05) is 62.8 Å². The summed E-state index contributed by atoms with van der Waals surface area (Å²) in [7, 11) is 2.14. The monoisotopic (exact) mass is 455 g/mol. The van der Waals surface area contributed by atoms with E-state index in [4.69, 9.17) is 9.97 Å². The van der Waals surface area contributed by atoms with Crippen LogP contribution in [-0.2, 0) is 6.54 Å². The van der Waals surface area contributed by atoms with Crippen LogP contribution in [0.15, 0.2) is 67.3 Å². The van der Waals surface area contributed by atoms with E-state index < -0.39 is 0 Å². The van der Waals surface area contributed by atoms with Gasteiger partial charge in [-0.05, 0) is 31.7 Å². The molecule has 5 rings (SSSR count). The molecule has 174 valence electrons. The molecule has 4 aromatic rings. The molecule has 34 heavy (non-hydrogen) atoms. The van der Waals surface area contributed by atoms with Gasteiger partial charge in [0.2, 0.25) is 0 Å². The van der Waals surface area contributed by atoms with E-state index in [9.17, 15) is 4.79 Å². The van der Waals surface area contributed by atoms with Crippen molar-refractivity contribution < 1.29 is 4.79 Å². The minimum Gasteiger partial charge on any atom is -0.352 e. The Hall–Kier alpha value is -3.78. The molecule has 0 spiro atoms. The molecule has 1 fully saturated rings. The predicted molar refractivity (Wildman–Crippen MR) is 134 cm³/mol. The zero-order valence-electron chi connectivity index (χ0n) is 19.4. The molecule has 1 aliphatic heterocycles. The smallest absolute Gasteiger partial charge is 0.251 e. The van der Waals surface area contributed by atoms with Gasteiger partial charge in [0.1, 0.15) is 5.69 Å². The lowest BCUT2D eigenvalue weighted by Crippen LogP contribution is -2.45. The number of amides is 1. The van der Waals surface area contributed by atoms with E-state index in [1.54, 1.807) is 12.5 Å². The van der Waals surface area contributed by atoms with E-state index >= 15 is 0 Å². The van der Waals surface area contributed by atoms with Crippen LogP contribution in [0.2, 0.25) is 0 Å². The summed E-state index contributed by atoms with van der Waals surface area (Å²) in [4.78, 5) is 31.5. The summed E-state index contributed by atoms with van der Waals surface area (Å²) in [6.07, 6.45) is 6.30. The van der Waals surface area contributed by atoms with Crippen molar-refractivity contribution in [1.29, 1.82) is 0 Å². The van der Waals surface area contributed by atoms with Crippen LogP contribution >= 0.6 is 0 Å². The number of aryl methyl sites for hydroxylation is 1. The fourth-order valence-corrected chi connectivity index (χ4v) is 4.20. The predicted octanol–water partition coefficient (Wildman–Crippen LogP) is 3.07. The van der Waals surface area contributed by atoms with Gasteiger partial charge >= 0.3 is 0 Å². The van der Waals surface area contributed by atoms with Gasteiger partial charge in [-0.25, -0.2) is 15.0 Å². The van der Waals surface area contributed by atoms with Gasteiger partial charge in [-0.3, -0.25) is 4.79 Å². The zero-order chi connectivity index (χ0) is 23.3. The number of nitrogens with one attached hydrogen (secondary N) is 1. The van der Waals surface area contributed by atoms with Crippen molar-refractivity contribution in [2.75, 3.05) is 44.7 Å². The topological polar surface area (TPSA) is 79.2 Å². The fourth-order valence-electron chi connectivity index (χ4n) is 4.20. The molecular formula is C26H29N7O. The normalized spacial score (nSPS) is 14.4. The summed E-state index contributed by atoms with van der Waals surface area (Å²) >= 11 is 0. The molecule has 0 unspecified atom stereocenters. The molecule has 1 aliphatic rings. The standard InChI is InChI=1S/C26H29N7O/c1-31-14-16-33(17-15-31)25-24(20-6-3-2-4-7-20)29-23-18-21(8-9-22(23)30-25)26(34)28-10-5-12-32-13-11-27-19-32/h2-4,6-9,11,13,18-19H,5,10,12,14-17H2,1H3,(H,28,34). The number of likely N-dealkylation sites (N-methyl/N-ethyl adjacent to an activating group) is 1. The van der Waals surface area contributed by atoms with Gasteiger partial charge in [-0.2, -0.15) is 0 Å². The van der Waals surface area contributed by atoms with Crippen LogP contribution in [0.5, 0.6) is 0 Å². The highest BCUT2D eigenvalue weighted by molar-refractivity contribution is 5.97. The lowest BCUT2D eigenvalue weighted by Gasteiger charge is -2.34. The van der Waals surface area contributed by atoms with E-state index in [0.29, 0.717) is 12.1 Å². The van der Waals surface area contributed by atoms with Crippen molar-refractivity contribution in [2.24, 2.45) is 0 Å². The second-order valence-electron chi connectivity index (χ2n) is 8.67. The number of benzene rings is 2. The average molecular weight is 456 g/mol. The third-order valence-corrected chi connectivity index (χ3v) is 6.20. The Balaban J connectivity index is 1.39. The van der Waals surface area contributed by atoms with Crippen LogP contribution in [0.3, 0.4) is 0 Å². The molecule has 8 heteroatoms. The minimum absolute atomic E-state index is 0.0984. The molecule has 1 amide bonds. The molecule has 2 aromatic carbocycles. The van der Waals surface area contributed by atoms with Crippen LogP contribution in [0.4, 0.5) is 5.82 Å². The maximum Gasteiger partial charge on any atom is 0.251 e. The average Bonchev–Trinajstić information content (AvgIpc) is 3.40. The van der Waals surface area contributed by atoms with Crippen LogP contribution in [-0.4, -0.2) is 70.1 Å². The quantitative estimate of drug-likeness (QED) is 0.432. The Morgan fingerprint density at radius 1 is 1.00 bits per heavy atom. The lowest BCUT2D eigenvalue weighted by atomic mass is 10.1. The van der Waals surface area contributed by atoms with Crippen molar-refractivity contribution in [1.82, 2.24) is 29.7 Å². The molecule has 1 saturated heterocycles. The van der Waals surface area contributed by atoms with E-state index in [1.165, 1.54) is 0 Å². The number of carbonyl (C=O) groups excluding carboxylic acids is 1. The second-order valence-corrected chi connectivity index (χ2v) is 8.67. The molecule has 0 aliphatic carbocycles. The highest BCUT2D eigenvalue weighted by Crippen LogP contribution is 2.30. The Kier molecular flexibility index (Phi) is 6.49. The SMILES string of the molecule is CN1CCN(c2nc3ccc(C(=O)NCCCn4ccnc4)cc3nc2-c2ccccc2)CC1. The summed E-state index contributed by atoms with van der Waals surface area (Å²) < 4.78 is 2.00. The van der Waals surface area contributed by atoms with E-state index in [0.717, 1.165) is 67.3 Å². The highest BCUT2D eigenvalue weighted by atomic mass is 16.1. The summed E-state index contributed by atoms with van der Waals surface area (Å²) in [5.41, 5.74) is 4.00. The van der Waals surface area contributed by atoms with Gasteiger partial charge in [-0.15, -0.1) is 0 Å². The maximum absolute atomic E-state index is 12.8. The largest absolute Gasteiger partial charge is 0.352 e. The van der Waals surface area contributed by atoms with Gasteiger partial charge in [-0.1, -0.05) is 30.3 Å². The van der Waals surface area contributed by atoms with Crippen LogP contribution in [0.25, 0.3) is 22.3 Å². The van der Waals surface area contributed by atoms with Gasteiger partial charge in [0.05, 0.1) is 17.4 Å². The molecule has 0 atom stereocenters. The highest BCUT2D eigenvalue weighted by Gasteiger charge is 2.21. The number of hydrogen-bond acceptors (Lipinski definition) is 6. The van der Waals surface area contributed by atoms with E-state index in [2.05, 4.69) is 39.3 Å². The number of fused-ring (bicyclic) bond motifs is 1. The third kappa shape index (κ3) is 4.92. The third-order valence-electron chi connectivity index (χ3n) is 6.20. The number of nitrogens with zero attached hydrogens (tertiary/aromatic N) is 6. The fraction of sp³-hybridized carbons (Fsp3) is 0.308. The van der Waals surface area contributed by atoms with Gasteiger partial charge < -0.3 is 19.7 Å². The summed E-state index contributed by atoms with van der Waals surface area (Å²) in [6.45, 7) is 5.23. The first kappa shape index (κ1) is 22.0. The summed E-state index contributed by atoms with van der Waals surface area (Å²) in [5, 5.41) is 3.01. The molecule has 2 aromatic heterocycles. The second kappa shape index (κ2) is 10.0. The molecule has 0 radical (unpaired) electrons. The first-order valence-corrected chi connectivity index (χ1v) is 11.7. The van der Waals surface area contributed by atoms with Gasteiger partial charge in [0.25, 0.3) is 5.91 Å². The minimum atomic E-state index is -0.0984. The summed E-state index contributed by atoms with van der Waals surface area (Å²) in [5.74, 6) is 0.808. The number of imidazole rings is 1. The Bertz CT molecular complexity index is 1250. The molecular weight excluding hydrogens is 426 g/mol. The van der Waals surface area contributed by atoms with E-state index in [-0.39, 0.29) is 5.91 Å². The van der Waals surface area contributed by atoms with Crippen molar-refractivity contribution >= 4 is 22.8 Å². The van der Waals surface area contributed by atoms with Crippen molar-refractivity contribution in [3.63, 3.8) is 0 Å². The summed E-state index contributed by atoms with van der Waals surface area (Å²) in [6, 6.07) is 15.7. The number of anilines is 1. The van der Waals surface area contributed by atoms with E-state index in [1.807, 2.05) is 47.2 Å². The first-order chi connectivity index (χ1) is 16.7. The molecule has 0 bridgehead atoms. The number of aromatic nitrogens is 4. The molecule has 8 nitrogen and oxygen atoms in total. The zero-order valence-corrected chi connectivity index (χ0v) is 19.4. The van der Waals surface area contributed by atoms with Crippen molar-refractivity contribution in [2.45, 2.75) is 13.0 Å². The van der Waals surface area contributed by atoms with Crippen molar-refractivity contribution in [3.05, 3.63) is 72.8 Å². The number of rotatable bonds is 7. The molecule has 0 saturated carbocycles. The maximum atomic E-state index is 12.8. The van der Waals surface area contributed by atoms with Crippen LogP contribution in [0, 0.1) is 0 Å². The van der Waals surface area contributed by atoms with Crippen LogP contribution in [0.1, 0.15) is 16.8 Å². The molecule has 1 N–H and O–H groups in total. The number of carbonyl (C=O) groups is 1.